The minimum Gasteiger partial charge on any atom is -0.507 e. The van der Waals surface area contributed by atoms with Gasteiger partial charge in [-0.1, -0.05) is 72.8 Å². The fourth-order valence-corrected chi connectivity index (χ4v) is 4.73. The van der Waals surface area contributed by atoms with Crippen LogP contribution in [0.3, 0.4) is 0 Å². The third kappa shape index (κ3) is 6.42. The number of phenolic OH excluding ortho intramolecular Hbond substituents is 2. The van der Waals surface area contributed by atoms with Crippen LogP contribution in [-0.2, 0) is 6.42 Å². The van der Waals surface area contributed by atoms with Crippen LogP contribution in [0.1, 0.15) is 43.0 Å². The number of aromatic hydroxyl groups is 2. The summed E-state index contributed by atoms with van der Waals surface area (Å²) >= 11 is 0. The molecule has 6 aromatic rings. The first-order valence-corrected chi connectivity index (χ1v) is 13.6. The molecule has 0 saturated carbocycles. The Morgan fingerprint density at radius 1 is 0.614 bits per heavy atom. The van der Waals surface area contributed by atoms with Crippen molar-refractivity contribution < 1.29 is 29.3 Å². The molecule has 1 heterocycles. The van der Waals surface area contributed by atoms with Crippen molar-refractivity contribution in [2.24, 2.45) is 0 Å². The average Bonchev–Trinajstić information content (AvgIpc) is 3.55. The van der Waals surface area contributed by atoms with Crippen LogP contribution >= 0.6 is 0 Å². The first kappa shape index (κ1) is 29.5. The normalized spacial score (nSPS) is 10.5. The molecule has 0 amide bonds. The van der Waals surface area contributed by atoms with E-state index in [0.717, 1.165) is 11.0 Å². The third-order valence-electron chi connectivity index (χ3n) is 6.96. The number of carbonyl (C=O) groups is 2. The molecular formula is C35H29N3O6. The molecule has 3 N–H and O–H groups in total. The van der Waals surface area contributed by atoms with Crippen LogP contribution in [-0.4, -0.2) is 51.4 Å². The number of nitrogens with one attached hydrogen (secondary N) is 1. The molecule has 9 heteroatoms. The summed E-state index contributed by atoms with van der Waals surface area (Å²) in [4.78, 5) is 26.1. The number of H-pyrrole nitrogens is 1. The van der Waals surface area contributed by atoms with Crippen molar-refractivity contribution in [3.8, 4) is 23.0 Å². The molecule has 0 spiro atoms. The molecule has 1 aromatic heterocycles. The first-order valence-electron chi connectivity index (χ1n) is 13.6. The maximum absolute atomic E-state index is 13.0. The van der Waals surface area contributed by atoms with Crippen LogP contribution in [0.15, 0.2) is 109 Å². The molecule has 220 valence electrons. The predicted octanol–water partition coefficient (Wildman–Crippen LogP) is 6.13. The molecule has 9 nitrogen and oxygen atoms in total. The molecule has 5 aromatic carbocycles. The number of hydrogen-bond donors (Lipinski definition) is 3. The van der Waals surface area contributed by atoms with Gasteiger partial charge in [0.25, 0.3) is 0 Å². The Bertz CT molecular complexity index is 1780. The molecule has 0 atom stereocenters. The lowest BCUT2D eigenvalue weighted by Gasteiger charge is -2.16. The molecule has 0 aliphatic carbocycles. The summed E-state index contributed by atoms with van der Waals surface area (Å²) in [5.74, 6) is -0.306. The number of fused-ring (bicyclic) bond motifs is 1. The van der Waals surface area contributed by atoms with E-state index in [0.29, 0.717) is 33.8 Å². The van der Waals surface area contributed by atoms with Crippen LogP contribution < -0.4 is 9.47 Å². The molecule has 0 aliphatic heterocycles. The summed E-state index contributed by atoms with van der Waals surface area (Å²) in [5, 5.41) is 31.3. The Morgan fingerprint density at radius 3 is 1.39 bits per heavy atom. The van der Waals surface area contributed by atoms with E-state index < -0.39 is 0 Å². The van der Waals surface area contributed by atoms with Crippen molar-refractivity contribution in [2.75, 3.05) is 14.2 Å². The second-order valence-corrected chi connectivity index (χ2v) is 9.74. The van der Waals surface area contributed by atoms with Crippen LogP contribution in [0.4, 0.5) is 0 Å². The minimum absolute atomic E-state index is 0.130. The third-order valence-corrected chi connectivity index (χ3v) is 6.96. The molecule has 0 aliphatic rings. The van der Waals surface area contributed by atoms with Gasteiger partial charge in [0.05, 0.1) is 25.3 Å². The van der Waals surface area contributed by atoms with E-state index in [1.807, 2.05) is 36.4 Å². The Kier molecular flexibility index (Phi) is 8.96. The second-order valence-electron chi connectivity index (χ2n) is 9.74. The monoisotopic (exact) mass is 587 g/mol. The summed E-state index contributed by atoms with van der Waals surface area (Å²) in [6, 6.07) is 31.0. The minimum atomic E-state index is -0.329. The van der Waals surface area contributed by atoms with E-state index in [1.165, 1.54) is 26.4 Å². The molecule has 6 rings (SSSR count). The maximum atomic E-state index is 13.0. The Labute approximate surface area is 253 Å². The van der Waals surface area contributed by atoms with E-state index in [9.17, 15) is 19.8 Å². The maximum Gasteiger partial charge on any atom is 0.196 e. The van der Waals surface area contributed by atoms with Crippen LogP contribution in [0, 0.1) is 0 Å². The smallest absolute Gasteiger partial charge is 0.196 e. The van der Waals surface area contributed by atoms with Crippen LogP contribution in [0.25, 0.3) is 11.0 Å². The van der Waals surface area contributed by atoms with Gasteiger partial charge in [0.1, 0.15) is 34.0 Å². The highest BCUT2D eigenvalue weighted by molar-refractivity contribution is 6.11. The predicted molar refractivity (Wildman–Crippen MR) is 166 cm³/mol. The number of para-hydroxylation sites is 2. The number of nitrogens with zero attached hydrogens (tertiary/aromatic N) is 2. The molecule has 0 bridgehead atoms. The molecule has 0 unspecified atom stereocenters. The molecular weight excluding hydrogens is 558 g/mol. The van der Waals surface area contributed by atoms with Gasteiger partial charge in [-0.05, 0) is 35.4 Å². The molecule has 0 radical (unpaired) electrons. The number of carbonyl (C=O) groups excluding carboxylic acids is 2. The van der Waals surface area contributed by atoms with Crippen molar-refractivity contribution in [3.63, 3.8) is 0 Å². The van der Waals surface area contributed by atoms with Gasteiger partial charge in [-0.3, -0.25) is 9.59 Å². The van der Waals surface area contributed by atoms with Crippen molar-refractivity contribution in [3.05, 3.63) is 143 Å². The van der Waals surface area contributed by atoms with Gasteiger partial charge in [-0.25, -0.2) is 0 Å². The quantitative estimate of drug-likeness (QED) is 0.181. The van der Waals surface area contributed by atoms with E-state index in [1.54, 1.807) is 60.7 Å². The number of aromatic amines is 1. The van der Waals surface area contributed by atoms with E-state index in [-0.39, 0.29) is 40.6 Å². The summed E-state index contributed by atoms with van der Waals surface area (Å²) < 4.78 is 10.9. The summed E-state index contributed by atoms with van der Waals surface area (Å²) in [5.41, 5.74) is 4.18. The number of benzene rings is 5. The largest absolute Gasteiger partial charge is 0.507 e. The lowest BCUT2D eigenvalue weighted by atomic mass is 9.94. The fourth-order valence-electron chi connectivity index (χ4n) is 4.73. The zero-order valence-electron chi connectivity index (χ0n) is 24.0. The topological polar surface area (TPSA) is 135 Å². The van der Waals surface area contributed by atoms with Gasteiger partial charge in [0.15, 0.2) is 11.6 Å². The van der Waals surface area contributed by atoms with Gasteiger partial charge in [-0.15, -0.1) is 0 Å². The summed E-state index contributed by atoms with van der Waals surface area (Å²) in [7, 11) is 2.94. The second kappa shape index (κ2) is 13.3. The Morgan fingerprint density at radius 2 is 1.00 bits per heavy atom. The highest BCUT2D eigenvalue weighted by Crippen LogP contribution is 2.36. The Hall–Kier alpha value is -5.96. The van der Waals surface area contributed by atoms with Crippen molar-refractivity contribution in [1.82, 2.24) is 15.4 Å². The van der Waals surface area contributed by atoms with Gasteiger partial charge >= 0.3 is 0 Å². The molecule has 44 heavy (non-hydrogen) atoms. The number of rotatable bonds is 8. The van der Waals surface area contributed by atoms with E-state index in [2.05, 4.69) is 15.4 Å². The average molecular weight is 588 g/mol. The lowest BCUT2D eigenvalue weighted by molar-refractivity contribution is 0.102. The zero-order valence-corrected chi connectivity index (χ0v) is 24.0. The standard InChI is InChI=1S/C29H24O6.C6H5N3/c1-34-26-16-24(30)22(28(32)18-9-5-3-6-10-18)14-20(26)13-21-15-23(25(31)17-27(21)35-2)29(33)19-11-7-4-8-12-19;1-2-4-6-5(3-1)7-9-8-6/h3-12,14-17,30-31H,13H2,1-2H3;1-4H,(H,7,8,9). The van der Waals surface area contributed by atoms with Crippen molar-refractivity contribution in [2.45, 2.75) is 6.42 Å². The highest BCUT2D eigenvalue weighted by atomic mass is 16.5. The fraction of sp³-hybridized carbons (Fsp3) is 0.0857. The number of aromatic nitrogens is 3. The zero-order chi connectivity index (χ0) is 31.1. The summed E-state index contributed by atoms with van der Waals surface area (Å²) in [6.07, 6.45) is 0.219. The molecule has 0 fully saturated rings. The number of phenols is 2. The highest BCUT2D eigenvalue weighted by Gasteiger charge is 2.21. The van der Waals surface area contributed by atoms with E-state index >= 15 is 0 Å². The number of ketones is 2. The number of ether oxygens (including phenoxy) is 2. The van der Waals surface area contributed by atoms with Crippen LogP contribution in [0.5, 0.6) is 23.0 Å². The van der Waals surface area contributed by atoms with Crippen molar-refractivity contribution in [1.29, 1.82) is 0 Å². The summed E-state index contributed by atoms with van der Waals surface area (Å²) in [6.45, 7) is 0. The van der Waals surface area contributed by atoms with Gasteiger partial charge in [0.2, 0.25) is 0 Å². The van der Waals surface area contributed by atoms with Crippen molar-refractivity contribution >= 4 is 22.6 Å². The van der Waals surface area contributed by atoms with E-state index in [4.69, 9.17) is 9.47 Å². The van der Waals surface area contributed by atoms with Gasteiger partial charge < -0.3 is 19.7 Å². The first-order chi connectivity index (χ1) is 21.4. The lowest BCUT2D eigenvalue weighted by Crippen LogP contribution is -2.06. The number of hydrogen-bond acceptors (Lipinski definition) is 8. The number of methoxy groups -OCH3 is 2. The SMILES string of the molecule is COc1cc(O)c(C(=O)c2ccccc2)cc1Cc1cc(C(=O)c2ccccc2)c(O)cc1OC.c1ccc2n[nH]nc2c1. The van der Waals surface area contributed by atoms with Gasteiger partial charge in [0, 0.05) is 29.7 Å². The molecule has 0 saturated heterocycles. The van der Waals surface area contributed by atoms with Crippen LogP contribution in [0.2, 0.25) is 0 Å². The Balaban J connectivity index is 0.000000361. The van der Waals surface area contributed by atoms with Gasteiger partial charge in [-0.2, -0.15) is 15.4 Å².